The summed E-state index contributed by atoms with van der Waals surface area (Å²) in [7, 11) is 1.74. The van der Waals surface area contributed by atoms with Gasteiger partial charge in [0.15, 0.2) is 0 Å². The molecule has 0 aromatic carbocycles. The quantitative estimate of drug-likeness (QED) is 0.689. The fourth-order valence-corrected chi connectivity index (χ4v) is 2.76. The lowest BCUT2D eigenvalue weighted by Gasteiger charge is -2.38. The molecule has 1 aliphatic carbocycles. The van der Waals surface area contributed by atoms with Crippen LogP contribution in [0.15, 0.2) is 0 Å². The van der Waals surface area contributed by atoms with Crippen LogP contribution in [-0.2, 0) is 9.59 Å². The minimum atomic E-state index is -0.867. The third-order valence-electron chi connectivity index (χ3n) is 4.07. The van der Waals surface area contributed by atoms with Gasteiger partial charge in [-0.15, -0.1) is 0 Å². The third-order valence-corrected chi connectivity index (χ3v) is 4.07. The third kappa shape index (κ3) is 2.20. The molecule has 0 N–H and O–H groups in total. The van der Waals surface area contributed by atoms with Gasteiger partial charge in [-0.3, -0.25) is 9.59 Å². The van der Waals surface area contributed by atoms with Gasteiger partial charge in [0.2, 0.25) is 11.8 Å². The van der Waals surface area contributed by atoms with Gasteiger partial charge in [-0.25, -0.2) is 0 Å². The molecule has 1 saturated carbocycles. The van der Waals surface area contributed by atoms with Crippen LogP contribution < -0.4 is 0 Å². The van der Waals surface area contributed by atoms with Crippen molar-refractivity contribution in [3.63, 3.8) is 0 Å². The van der Waals surface area contributed by atoms with Crippen LogP contribution in [0, 0.1) is 16.7 Å². The summed E-state index contributed by atoms with van der Waals surface area (Å²) in [4.78, 5) is 27.3. The van der Waals surface area contributed by atoms with Gasteiger partial charge in [0.05, 0.1) is 12.6 Å². The average Bonchev–Trinajstić information content (AvgIpc) is 2.42. The summed E-state index contributed by atoms with van der Waals surface area (Å²) in [5, 5.41) is 9.37. The van der Waals surface area contributed by atoms with E-state index < -0.39 is 5.41 Å². The molecular weight excluding hydrogens is 230 g/mol. The normalized spacial score (nSPS) is 23.7. The van der Waals surface area contributed by atoms with Gasteiger partial charge < -0.3 is 9.80 Å². The number of amides is 2. The number of carbonyl (C=O) groups is 2. The number of hydrogen-bond donors (Lipinski definition) is 0. The van der Waals surface area contributed by atoms with Crippen LogP contribution in [0.2, 0.25) is 0 Å². The number of hydrogen-bond acceptors (Lipinski definition) is 3. The maximum Gasteiger partial charge on any atom is 0.243 e. The Morgan fingerprint density at radius 3 is 2.50 bits per heavy atom. The highest BCUT2D eigenvalue weighted by Crippen LogP contribution is 2.37. The van der Waals surface area contributed by atoms with E-state index in [1.165, 1.54) is 0 Å². The largest absolute Gasteiger partial charge is 0.342 e. The first-order valence-corrected chi connectivity index (χ1v) is 6.54. The maximum absolute atomic E-state index is 12.5. The predicted molar refractivity (Wildman–Crippen MR) is 65.3 cm³/mol. The van der Waals surface area contributed by atoms with Gasteiger partial charge in [-0.1, -0.05) is 19.3 Å². The monoisotopic (exact) mass is 249 g/mol. The van der Waals surface area contributed by atoms with Crippen molar-refractivity contribution in [3.05, 3.63) is 0 Å². The van der Waals surface area contributed by atoms with Crippen molar-refractivity contribution in [1.29, 1.82) is 5.26 Å². The van der Waals surface area contributed by atoms with Crippen molar-refractivity contribution in [1.82, 2.24) is 9.80 Å². The smallest absolute Gasteiger partial charge is 0.243 e. The molecule has 2 fully saturated rings. The predicted octanol–water partition coefficient (Wildman–Crippen LogP) is 0.761. The molecule has 2 rings (SSSR count). The Bertz CT molecular complexity index is 394. The summed E-state index contributed by atoms with van der Waals surface area (Å²) in [5.41, 5.74) is -0.867. The second kappa shape index (κ2) is 4.97. The topological polar surface area (TPSA) is 64.4 Å². The molecule has 0 bridgehead atoms. The zero-order valence-electron chi connectivity index (χ0n) is 10.8. The summed E-state index contributed by atoms with van der Waals surface area (Å²) in [6.45, 7) is 1.23. The molecular formula is C13H19N3O2. The summed E-state index contributed by atoms with van der Waals surface area (Å²) in [6.07, 6.45) is 4.24. The fourth-order valence-electron chi connectivity index (χ4n) is 2.76. The summed E-state index contributed by atoms with van der Waals surface area (Å²) in [5.74, 6) is -0.176. The molecule has 1 heterocycles. The number of nitriles is 1. The SMILES string of the molecule is CN1CCN(C(=O)C2(C#N)CCCCC2)CC1=O. The Morgan fingerprint density at radius 1 is 1.28 bits per heavy atom. The molecule has 0 atom stereocenters. The van der Waals surface area contributed by atoms with Crippen LogP contribution >= 0.6 is 0 Å². The Morgan fingerprint density at radius 2 is 1.94 bits per heavy atom. The van der Waals surface area contributed by atoms with Gasteiger partial charge in [0, 0.05) is 20.1 Å². The van der Waals surface area contributed by atoms with E-state index in [-0.39, 0.29) is 18.4 Å². The number of nitrogens with zero attached hydrogens (tertiary/aromatic N) is 3. The maximum atomic E-state index is 12.5. The molecule has 0 unspecified atom stereocenters. The second-order valence-electron chi connectivity index (χ2n) is 5.30. The molecule has 0 aromatic heterocycles. The molecule has 5 heteroatoms. The lowest BCUT2D eigenvalue weighted by molar-refractivity contribution is -0.149. The molecule has 5 nitrogen and oxygen atoms in total. The highest BCUT2D eigenvalue weighted by Gasteiger charge is 2.43. The number of piperazine rings is 1. The van der Waals surface area contributed by atoms with Crippen LogP contribution in [0.3, 0.4) is 0 Å². The fraction of sp³-hybridized carbons (Fsp3) is 0.769. The lowest BCUT2D eigenvalue weighted by Crippen LogP contribution is -2.54. The summed E-state index contributed by atoms with van der Waals surface area (Å²) >= 11 is 0. The second-order valence-corrected chi connectivity index (χ2v) is 5.30. The molecule has 1 aliphatic heterocycles. The molecule has 1 saturated heterocycles. The highest BCUT2D eigenvalue weighted by atomic mass is 16.2. The van der Waals surface area contributed by atoms with Gasteiger partial charge in [0.1, 0.15) is 5.41 Å². The minimum absolute atomic E-state index is 0.0431. The Hall–Kier alpha value is -1.57. The van der Waals surface area contributed by atoms with Gasteiger partial charge >= 0.3 is 0 Å². The summed E-state index contributed by atoms with van der Waals surface area (Å²) < 4.78 is 0. The van der Waals surface area contributed by atoms with E-state index in [2.05, 4.69) is 6.07 Å². The van der Waals surface area contributed by atoms with E-state index in [4.69, 9.17) is 0 Å². The van der Waals surface area contributed by atoms with Crippen molar-refractivity contribution in [2.24, 2.45) is 5.41 Å². The first kappa shape index (κ1) is 12.9. The van der Waals surface area contributed by atoms with E-state index in [9.17, 15) is 14.9 Å². The van der Waals surface area contributed by atoms with E-state index in [0.29, 0.717) is 25.9 Å². The number of rotatable bonds is 1. The zero-order chi connectivity index (χ0) is 13.2. The van der Waals surface area contributed by atoms with E-state index in [1.807, 2.05) is 0 Å². The van der Waals surface area contributed by atoms with Gasteiger partial charge in [-0.05, 0) is 12.8 Å². The van der Waals surface area contributed by atoms with Crippen molar-refractivity contribution >= 4 is 11.8 Å². The first-order chi connectivity index (χ1) is 8.59. The molecule has 0 spiro atoms. The molecule has 0 radical (unpaired) electrons. The van der Waals surface area contributed by atoms with Gasteiger partial charge in [0.25, 0.3) is 0 Å². The minimum Gasteiger partial charge on any atom is -0.342 e. The van der Waals surface area contributed by atoms with Crippen molar-refractivity contribution in [3.8, 4) is 6.07 Å². The van der Waals surface area contributed by atoms with Crippen LogP contribution in [0.5, 0.6) is 0 Å². The van der Waals surface area contributed by atoms with Crippen molar-refractivity contribution in [2.75, 3.05) is 26.7 Å². The van der Waals surface area contributed by atoms with Crippen molar-refractivity contribution in [2.45, 2.75) is 32.1 Å². The molecule has 0 aromatic rings. The Labute approximate surface area is 107 Å². The Kier molecular flexibility index (Phi) is 3.55. The lowest BCUT2D eigenvalue weighted by atomic mass is 9.74. The van der Waals surface area contributed by atoms with Gasteiger partial charge in [-0.2, -0.15) is 5.26 Å². The number of carbonyl (C=O) groups excluding carboxylic acids is 2. The van der Waals surface area contributed by atoms with Crippen LogP contribution in [0.1, 0.15) is 32.1 Å². The zero-order valence-corrected chi connectivity index (χ0v) is 10.8. The van der Waals surface area contributed by atoms with Crippen LogP contribution in [0.25, 0.3) is 0 Å². The van der Waals surface area contributed by atoms with Crippen LogP contribution in [0.4, 0.5) is 0 Å². The molecule has 98 valence electrons. The average molecular weight is 249 g/mol. The Balaban J connectivity index is 2.10. The molecule has 2 amide bonds. The first-order valence-electron chi connectivity index (χ1n) is 6.54. The van der Waals surface area contributed by atoms with Crippen molar-refractivity contribution < 1.29 is 9.59 Å². The highest BCUT2D eigenvalue weighted by molar-refractivity contribution is 5.90. The molecule has 18 heavy (non-hydrogen) atoms. The van der Waals surface area contributed by atoms with E-state index >= 15 is 0 Å². The standard InChI is InChI=1S/C13H19N3O2/c1-15-7-8-16(9-11(15)17)12(18)13(10-14)5-3-2-4-6-13/h2-9H2,1H3. The summed E-state index contributed by atoms with van der Waals surface area (Å²) in [6, 6.07) is 2.22. The molecule has 2 aliphatic rings. The van der Waals surface area contributed by atoms with Crippen LogP contribution in [-0.4, -0.2) is 48.3 Å². The van der Waals surface area contributed by atoms with E-state index in [1.54, 1.807) is 16.8 Å². The van der Waals surface area contributed by atoms with E-state index in [0.717, 1.165) is 19.3 Å². The number of likely N-dealkylation sites (N-methyl/N-ethyl adjacent to an activating group) is 1.